The number of nitrogens with zero attached hydrogens (tertiary/aromatic N) is 1. The molecule has 2 nitrogen and oxygen atoms in total. The molecule has 4 heteroatoms. The van der Waals surface area contributed by atoms with Gasteiger partial charge in [-0.05, 0) is 37.3 Å². The van der Waals surface area contributed by atoms with Crippen LogP contribution in [-0.2, 0) is 6.54 Å². The van der Waals surface area contributed by atoms with Gasteiger partial charge < -0.3 is 5.32 Å². The SMILES string of the molecule is CCCNCc1sc(-c2cccs2)nc1C1CC1. The normalized spacial score (nSPS) is 15.2. The second-order valence-electron chi connectivity index (χ2n) is 4.76. The largest absolute Gasteiger partial charge is 0.312 e. The van der Waals surface area contributed by atoms with Gasteiger partial charge in [-0.1, -0.05) is 13.0 Å². The molecule has 0 spiro atoms. The Hall–Kier alpha value is -0.710. The number of rotatable bonds is 6. The summed E-state index contributed by atoms with van der Waals surface area (Å²) in [6, 6.07) is 4.27. The lowest BCUT2D eigenvalue weighted by Gasteiger charge is -2.01. The van der Waals surface area contributed by atoms with E-state index in [1.165, 1.54) is 39.7 Å². The molecule has 18 heavy (non-hydrogen) atoms. The number of thiophene rings is 1. The molecule has 2 aromatic rings. The van der Waals surface area contributed by atoms with Crippen LogP contribution in [0.15, 0.2) is 17.5 Å². The molecule has 0 bridgehead atoms. The Bertz CT molecular complexity index is 498. The predicted octanol–water partition coefficient (Wildman–Crippen LogP) is 4.25. The van der Waals surface area contributed by atoms with Crippen LogP contribution in [-0.4, -0.2) is 11.5 Å². The lowest BCUT2D eigenvalue weighted by Crippen LogP contribution is -2.13. The van der Waals surface area contributed by atoms with Gasteiger partial charge >= 0.3 is 0 Å². The van der Waals surface area contributed by atoms with Crippen molar-refractivity contribution in [1.82, 2.24) is 10.3 Å². The van der Waals surface area contributed by atoms with E-state index in [0.29, 0.717) is 0 Å². The first kappa shape index (κ1) is 12.3. The molecule has 2 heterocycles. The molecule has 2 aromatic heterocycles. The van der Waals surface area contributed by atoms with Crippen molar-refractivity contribution in [2.75, 3.05) is 6.54 Å². The number of hydrogen-bond acceptors (Lipinski definition) is 4. The van der Waals surface area contributed by atoms with E-state index in [-0.39, 0.29) is 0 Å². The molecule has 0 unspecified atom stereocenters. The molecule has 1 aliphatic rings. The molecule has 0 saturated heterocycles. The third-order valence-corrected chi connectivity index (χ3v) is 5.25. The third kappa shape index (κ3) is 2.66. The molecule has 0 aromatic carbocycles. The Kier molecular flexibility index (Phi) is 3.77. The summed E-state index contributed by atoms with van der Waals surface area (Å²) in [5.41, 5.74) is 1.37. The summed E-state index contributed by atoms with van der Waals surface area (Å²) < 4.78 is 0. The fourth-order valence-corrected chi connectivity index (χ4v) is 3.96. The fourth-order valence-electron chi connectivity index (χ4n) is 2.05. The third-order valence-electron chi connectivity index (χ3n) is 3.14. The Morgan fingerprint density at radius 3 is 3.00 bits per heavy atom. The molecule has 0 atom stereocenters. The van der Waals surface area contributed by atoms with Gasteiger partial charge in [0.2, 0.25) is 0 Å². The topological polar surface area (TPSA) is 24.9 Å². The summed E-state index contributed by atoms with van der Waals surface area (Å²) in [7, 11) is 0. The minimum atomic E-state index is 0.744. The van der Waals surface area contributed by atoms with Gasteiger partial charge in [-0.25, -0.2) is 4.98 Å². The standard InChI is InChI=1S/C14H18N2S2/c1-2-7-15-9-12-13(10-5-6-10)16-14(18-12)11-4-3-8-17-11/h3-4,8,10,15H,2,5-7,9H2,1H3. The van der Waals surface area contributed by atoms with E-state index in [2.05, 4.69) is 29.8 Å². The Labute approximate surface area is 116 Å². The molecule has 0 amide bonds. The predicted molar refractivity (Wildman–Crippen MR) is 79.4 cm³/mol. The van der Waals surface area contributed by atoms with Gasteiger partial charge in [0, 0.05) is 17.3 Å². The molecule has 0 radical (unpaired) electrons. The Morgan fingerprint density at radius 2 is 2.33 bits per heavy atom. The minimum absolute atomic E-state index is 0.744. The summed E-state index contributed by atoms with van der Waals surface area (Å²) in [6.45, 7) is 4.29. The maximum atomic E-state index is 4.88. The fraction of sp³-hybridized carbons (Fsp3) is 0.500. The minimum Gasteiger partial charge on any atom is -0.312 e. The average Bonchev–Trinajstić information content (AvgIpc) is 2.93. The summed E-state index contributed by atoms with van der Waals surface area (Å²) in [5, 5.41) is 6.84. The van der Waals surface area contributed by atoms with Gasteiger partial charge in [-0.3, -0.25) is 0 Å². The van der Waals surface area contributed by atoms with Crippen molar-refractivity contribution in [3.8, 4) is 9.88 Å². The number of hydrogen-bond donors (Lipinski definition) is 1. The molecular formula is C14H18N2S2. The zero-order valence-corrected chi connectivity index (χ0v) is 12.2. The number of thiazole rings is 1. The van der Waals surface area contributed by atoms with Crippen molar-refractivity contribution in [3.63, 3.8) is 0 Å². The van der Waals surface area contributed by atoms with Crippen LogP contribution >= 0.6 is 22.7 Å². The summed E-state index contributed by atoms with van der Waals surface area (Å²) in [6.07, 6.45) is 3.85. The van der Waals surface area contributed by atoms with E-state index >= 15 is 0 Å². The van der Waals surface area contributed by atoms with E-state index in [9.17, 15) is 0 Å². The van der Waals surface area contributed by atoms with Crippen LogP contribution in [0.2, 0.25) is 0 Å². The average molecular weight is 278 g/mol. The molecular weight excluding hydrogens is 260 g/mol. The smallest absolute Gasteiger partial charge is 0.133 e. The van der Waals surface area contributed by atoms with Crippen molar-refractivity contribution in [2.24, 2.45) is 0 Å². The highest BCUT2D eigenvalue weighted by molar-refractivity contribution is 7.21. The molecule has 3 rings (SSSR count). The highest BCUT2D eigenvalue weighted by Gasteiger charge is 2.29. The van der Waals surface area contributed by atoms with Crippen LogP contribution in [0.5, 0.6) is 0 Å². The quantitative estimate of drug-likeness (QED) is 0.799. The zero-order valence-electron chi connectivity index (χ0n) is 10.6. The molecule has 1 aliphatic carbocycles. The molecule has 0 aliphatic heterocycles. The molecule has 1 saturated carbocycles. The van der Waals surface area contributed by atoms with Gasteiger partial charge in [0.05, 0.1) is 10.6 Å². The van der Waals surface area contributed by atoms with E-state index in [4.69, 9.17) is 4.98 Å². The van der Waals surface area contributed by atoms with Gasteiger partial charge in [0.15, 0.2) is 0 Å². The number of aromatic nitrogens is 1. The highest BCUT2D eigenvalue weighted by atomic mass is 32.1. The molecule has 1 fully saturated rings. The molecule has 1 N–H and O–H groups in total. The van der Waals surface area contributed by atoms with Crippen molar-refractivity contribution in [3.05, 3.63) is 28.1 Å². The zero-order chi connectivity index (χ0) is 12.4. The Balaban J connectivity index is 1.82. The van der Waals surface area contributed by atoms with Gasteiger partial charge in [-0.15, -0.1) is 22.7 Å². The van der Waals surface area contributed by atoms with Crippen molar-refractivity contribution >= 4 is 22.7 Å². The van der Waals surface area contributed by atoms with Gasteiger partial charge in [0.25, 0.3) is 0 Å². The van der Waals surface area contributed by atoms with Crippen molar-refractivity contribution in [2.45, 2.75) is 38.6 Å². The van der Waals surface area contributed by atoms with Crippen LogP contribution in [0.3, 0.4) is 0 Å². The van der Waals surface area contributed by atoms with Crippen molar-refractivity contribution in [1.29, 1.82) is 0 Å². The van der Waals surface area contributed by atoms with Crippen LogP contribution in [0, 0.1) is 0 Å². The second kappa shape index (κ2) is 5.51. The molecule has 96 valence electrons. The van der Waals surface area contributed by atoms with Gasteiger partial charge in [0.1, 0.15) is 5.01 Å². The first-order valence-corrected chi connectivity index (χ1v) is 8.32. The van der Waals surface area contributed by atoms with E-state index < -0.39 is 0 Å². The lowest BCUT2D eigenvalue weighted by atomic mass is 10.2. The van der Waals surface area contributed by atoms with Gasteiger partial charge in [-0.2, -0.15) is 0 Å². The first-order valence-electron chi connectivity index (χ1n) is 6.62. The van der Waals surface area contributed by atoms with E-state index in [1.807, 2.05) is 11.3 Å². The first-order chi connectivity index (χ1) is 8.88. The summed E-state index contributed by atoms with van der Waals surface area (Å²) in [5.74, 6) is 0.744. The van der Waals surface area contributed by atoms with Crippen LogP contribution in [0.25, 0.3) is 9.88 Å². The van der Waals surface area contributed by atoms with E-state index in [1.54, 1.807) is 11.3 Å². The summed E-state index contributed by atoms with van der Waals surface area (Å²) in [4.78, 5) is 7.64. The lowest BCUT2D eigenvalue weighted by molar-refractivity contribution is 0.676. The highest BCUT2D eigenvalue weighted by Crippen LogP contribution is 2.44. The van der Waals surface area contributed by atoms with Crippen LogP contribution < -0.4 is 5.32 Å². The Morgan fingerprint density at radius 1 is 1.44 bits per heavy atom. The monoisotopic (exact) mass is 278 g/mol. The summed E-state index contributed by atoms with van der Waals surface area (Å²) >= 11 is 3.66. The second-order valence-corrected chi connectivity index (χ2v) is 6.79. The van der Waals surface area contributed by atoms with E-state index in [0.717, 1.165) is 19.0 Å². The number of nitrogens with one attached hydrogen (secondary N) is 1. The van der Waals surface area contributed by atoms with Crippen LogP contribution in [0.4, 0.5) is 0 Å². The maximum Gasteiger partial charge on any atom is 0.133 e. The van der Waals surface area contributed by atoms with Crippen molar-refractivity contribution < 1.29 is 0 Å². The maximum absolute atomic E-state index is 4.88. The van der Waals surface area contributed by atoms with Crippen LogP contribution in [0.1, 0.15) is 42.7 Å².